The van der Waals surface area contributed by atoms with Crippen LogP contribution in [0.3, 0.4) is 0 Å². The normalized spacial score (nSPS) is 11.3. The number of rotatable bonds is 8. The number of hydrogen-bond donors (Lipinski definition) is 0. The summed E-state index contributed by atoms with van der Waals surface area (Å²) in [6.07, 6.45) is 8.80. The van der Waals surface area contributed by atoms with Crippen molar-refractivity contribution in [2.45, 2.75) is 58.9 Å². The molecule has 3 heteroatoms. The van der Waals surface area contributed by atoms with Crippen molar-refractivity contribution in [3.8, 4) is 0 Å². The van der Waals surface area contributed by atoms with Gasteiger partial charge in [0.15, 0.2) is 0 Å². The molecule has 119 valence electrons. The third-order valence-electron chi connectivity index (χ3n) is 4.23. The first-order valence-electron chi connectivity index (χ1n) is 8.28. The number of aryl methyl sites for hydroxylation is 1. The Morgan fingerprint density at radius 3 is 2.68 bits per heavy atom. The van der Waals surface area contributed by atoms with Gasteiger partial charge in [0.25, 0.3) is 0 Å². The summed E-state index contributed by atoms with van der Waals surface area (Å²) in [4.78, 5) is 4.70. The lowest BCUT2D eigenvalue weighted by Gasteiger charge is -2.18. The largest absolute Gasteiger partial charge is 0.327 e. The Bertz CT molecular complexity index is 585. The van der Waals surface area contributed by atoms with Gasteiger partial charge in [-0.15, -0.1) is 0 Å². The molecule has 1 radical (unpaired) electrons. The highest BCUT2D eigenvalue weighted by atomic mass is 35.5. The minimum Gasteiger partial charge on any atom is -0.327 e. The summed E-state index contributed by atoms with van der Waals surface area (Å²) in [6.45, 7) is 7.38. The molecule has 1 atom stereocenters. The van der Waals surface area contributed by atoms with Crippen LogP contribution in [0.1, 0.15) is 63.0 Å². The fourth-order valence-corrected chi connectivity index (χ4v) is 3.05. The van der Waals surface area contributed by atoms with Crippen molar-refractivity contribution in [2.75, 3.05) is 0 Å². The number of unbranched alkanes of at least 4 members (excludes halogenated alkanes) is 1. The van der Waals surface area contributed by atoms with Crippen molar-refractivity contribution in [2.24, 2.45) is 0 Å². The summed E-state index contributed by atoms with van der Waals surface area (Å²) in [6, 6.07) is 8.09. The van der Waals surface area contributed by atoms with E-state index in [0.717, 1.165) is 30.0 Å². The van der Waals surface area contributed by atoms with E-state index in [1.807, 2.05) is 18.2 Å². The quantitative estimate of drug-likeness (QED) is 0.615. The van der Waals surface area contributed by atoms with Crippen LogP contribution in [0.15, 0.2) is 30.5 Å². The molecule has 0 aliphatic carbocycles. The number of aromatic nitrogens is 2. The second kappa shape index (κ2) is 8.38. The smallest absolute Gasteiger partial charge is 0.109 e. The second-order valence-corrected chi connectivity index (χ2v) is 6.14. The van der Waals surface area contributed by atoms with Crippen LogP contribution in [0.4, 0.5) is 0 Å². The Labute approximate surface area is 139 Å². The van der Waals surface area contributed by atoms with E-state index in [-0.39, 0.29) is 0 Å². The van der Waals surface area contributed by atoms with Crippen LogP contribution < -0.4 is 0 Å². The number of hydrogen-bond acceptors (Lipinski definition) is 1. The molecule has 0 amide bonds. The van der Waals surface area contributed by atoms with E-state index in [1.54, 1.807) is 0 Å². The fraction of sp³-hybridized carbons (Fsp3) is 0.474. The first-order valence-corrected chi connectivity index (χ1v) is 8.66. The van der Waals surface area contributed by atoms with Gasteiger partial charge in [-0.25, -0.2) is 4.98 Å². The molecule has 1 heterocycles. The van der Waals surface area contributed by atoms with Crippen molar-refractivity contribution >= 4 is 11.6 Å². The zero-order chi connectivity index (χ0) is 15.9. The minimum absolute atomic E-state index is 0.449. The minimum atomic E-state index is 0.449. The molecule has 2 aromatic rings. The predicted molar refractivity (Wildman–Crippen MR) is 94.4 cm³/mol. The molecular weight excluding hydrogens is 292 g/mol. The molecule has 1 unspecified atom stereocenters. The zero-order valence-corrected chi connectivity index (χ0v) is 14.6. The van der Waals surface area contributed by atoms with Gasteiger partial charge in [-0.3, -0.25) is 0 Å². The van der Waals surface area contributed by atoms with E-state index < -0.39 is 0 Å². The number of imidazole rings is 1. The Balaban J connectivity index is 2.36. The summed E-state index contributed by atoms with van der Waals surface area (Å²) in [7, 11) is 0. The van der Waals surface area contributed by atoms with Gasteiger partial charge in [0, 0.05) is 29.3 Å². The molecule has 1 aromatic heterocycles. The first kappa shape index (κ1) is 17.1. The van der Waals surface area contributed by atoms with Gasteiger partial charge in [0.1, 0.15) is 5.82 Å². The molecule has 0 saturated heterocycles. The first-order chi connectivity index (χ1) is 10.7. The Morgan fingerprint density at radius 2 is 2.05 bits per heavy atom. The lowest BCUT2D eigenvalue weighted by Crippen LogP contribution is -2.12. The van der Waals surface area contributed by atoms with E-state index in [0.29, 0.717) is 5.92 Å². The van der Waals surface area contributed by atoms with E-state index in [9.17, 15) is 0 Å². The summed E-state index contributed by atoms with van der Waals surface area (Å²) in [5, 5.41) is 0.831. The Hall–Kier alpha value is -1.28. The summed E-state index contributed by atoms with van der Waals surface area (Å²) < 4.78 is 2.37. The van der Waals surface area contributed by atoms with Crippen LogP contribution in [0.5, 0.6) is 0 Å². The van der Waals surface area contributed by atoms with Gasteiger partial charge >= 0.3 is 0 Å². The molecule has 2 nitrogen and oxygen atoms in total. The van der Waals surface area contributed by atoms with Gasteiger partial charge in [-0.2, -0.15) is 0 Å². The standard InChI is InChI=1S/C19H26ClN2/c1-4-7-12-19-21-13-18(15(5-2)6-3)22(19)14-16-10-8-9-11-17(16)20/h5,8-11,13,15H,4,6-7,12,14H2,1-3H3. The summed E-state index contributed by atoms with van der Waals surface area (Å²) >= 11 is 6.36. The molecule has 0 spiro atoms. The van der Waals surface area contributed by atoms with Crippen molar-refractivity contribution in [1.29, 1.82) is 0 Å². The molecule has 0 N–H and O–H groups in total. The van der Waals surface area contributed by atoms with Crippen molar-refractivity contribution < 1.29 is 0 Å². The average molecular weight is 318 g/mol. The summed E-state index contributed by atoms with van der Waals surface area (Å²) in [5.41, 5.74) is 2.46. The van der Waals surface area contributed by atoms with Crippen LogP contribution in [0.25, 0.3) is 0 Å². The monoisotopic (exact) mass is 317 g/mol. The molecular formula is C19H26ClN2. The van der Waals surface area contributed by atoms with E-state index in [1.165, 1.54) is 24.4 Å². The van der Waals surface area contributed by atoms with Crippen LogP contribution in [-0.4, -0.2) is 9.55 Å². The third-order valence-corrected chi connectivity index (χ3v) is 4.60. The van der Waals surface area contributed by atoms with E-state index in [2.05, 4.69) is 44.0 Å². The molecule has 0 aliphatic heterocycles. The maximum Gasteiger partial charge on any atom is 0.109 e. The van der Waals surface area contributed by atoms with E-state index >= 15 is 0 Å². The Morgan fingerprint density at radius 1 is 1.27 bits per heavy atom. The zero-order valence-electron chi connectivity index (χ0n) is 13.8. The van der Waals surface area contributed by atoms with Gasteiger partial charge in [-0.1, -0.05) is 57.0 Å². The van der Waals surface area contributed by atoms with Gasteiger partial charge < -0.3 is 4.57 Å². The van der Waals surface area contributed by atoms with Gasteiger partial charge in [0.05, 0.1) is 6.54 Å². The van der Waals surface area contributed by atoms with Gasteiger partial charge in [0.2, 0.25) is 0 Å². The highest BCUT2D eigenvalue weighted by molar-refractivity contribution is 6.31. The maximum atomic E-state index is 6.36. The van der Waals surface area contributed by atoms with Crippen LogP contribution in [0.2, 0.25) is 5.02 Å². The second-order valence-electron chi connectivity index (χ2n) is 5.73. The number of benzene rings is 1. The lowest BCUT2D eigenvalue weighted by atomic mass is 9.99. The van der Waals surface area contributed by atoms with Crippen LogP contribution >= 0.6 is 11.6 Å². The van der Waals surface area contributed by atoms with E-state index in [4.69, 9.17) is 16.6 Å². The highest BCUT2D eigenvalue weighted by Crippen LogP contribution is 2.26. The van der Waals surface area contributed by atoms with Crippen LogP contribution in [0, 0.1) is 6.42 Å². The van der Waals surface area contributed by atoms with Gasteiger partial charge in [-0.05, 0) is 30.9 Å². The topological polar surface area (TPSA) is 17.8 Å². The SMILES string of the molecule is C[CH]C(CC)c1cnc(CCCC)n1Cc1ccccc1Cl. The fourth-order valence-electron chi connectivity index (χ4n) is 2.85. The predicted octanol–water partition coefficient (Wildman–Crippen LogP) is 5.65. The number of halogens is 1. The Kier molecular flexibility index (Phi) is 6.50. The molecule has 0 saturated carbocycles. The van der Waals surface area contributed by atoms with Crippen molar-refractivity contribution in [3.63, 3.8) is 0 Å². The maximum absolute atomic E-state index is 6.36. The lowest BCUT2D eigenvalue weighted by molar-refractivity contribution is 0.616. The molecule has 0 aliphatic rings. The van der Waals surface area contributed by atoms with Crippen molar-refractivity contribution in [3.05, 3.63) is 59.0 Å². The van der Waals surface area contributed by atoms with Crippen LogP contribution in [-0.2, 0) is 13.0 Å². The molecule has 2 rings (SSSR count). The summed E-state index contributed by atoms with van der Waals surface area (Å²) in [5.74, 6) is 1.63. The molecule has 1 aromatic carbocycles. The average Bonchev–Trinajstić information content (AvgIpc) is 2.92. The van der Waals surface area contributed by atoms with Crippen molar-refractivity contribution in [1.82, 2.24) is 9.55 Å². The molecule has 0 bridgehead atoms. The molecule has 22 heavy (non-hydrogen) atoms. The highest BCUT2D eigenvalue weighted by Gasteiger charge is 2.17. The molecule has 0 fully saturated rings. The third kappa shape index (κ3) is 3.92. The number of nitrogens with zero attached hydrogens (tertiary/aromatic N) is 2.